The van der Waals surface area contributed by atoms with Gasteiger partial charge in [-0.1, -0.05) is 42.5 Å². The molecule has 1 N–H and O–H groups in total. The summed E-state index contributed by atoms with van der Waals surface area (Å²) in [5.74, 6) is 0.867. The monoisotopic (exact) mass is 241 g/mol. The zero-order valence-corrected chi connectivity index (χ0v) is 10.2. The molecule has 0 bridgehead atoms. The zero-order chi connectivity index (χ0) is 11.8. The Kier molecular flexibility index (Phi) is 2.30. The minimum atomic E-state index is 0.632. The average Bonchev–Trinajstić information content (AvgIpc) is 2.69. The molecule has 84 valence electrons. The van der Waals surface area contributed by atoms with Gasteiger partial charge in [-0.25, -0.2) is 0 Å². The predicted octanol–water partition coefficient (Wildman–Crippen LogP) is 3.30. The summed E-state index contributed by atoms with van der Waals surface area (Å²) >= 11 is 5.14. The maximum Gasteiger partial charge on any atom is 0.195 e. The number of aromatic amines is 1. The molecule has 4 heteroatoms. The van der Waals surface area contributed by atoms with Crippen molar-refractivity contribution in [3.63, 3.8) is 0 Å². The van der Waals surface area contributed by atoms with Crippen LogP contribution in [0.4, 0.5) is 0 Å². The molecule has 0 fully saturated rings. The van der Waals surface area contributed by atoms with Gasteiger partial charge in [0.2, 0.25) is 0 Å². The third-order valence-corrected chi connectivity index (χ3v) is 3.28. The van der Waals surface area contributed by atoms with Crippen molar-refractivity contribution >= 4 is 23.0 Å². The van der Waals surface area contributed by atoms with Gasteiger partial charge in [0.05, 0.1) is 0 Å². The Morgan fingerprint density at radius 1 is 1.12 bits per heavy atom. The van der Waals surface area contributed by atoms with Crippen molar-refractivity contribution in [2.24, 2.45) is 7.05 Å². The van der Waals surface area contributed by atoms with E-state index in [2.05, 4.69) is 34.5 Å². The summed E-state index contributed by atoms with van der Waals surface area (Å²) in [5, 5.41) is 9.49. The minimum Gasteiger partial charge on any atom is -0.303 e. The van der Waals surface area contributed by atoms with Crippen LogP contribution in [0.1, 0.15) is 0 Å². The Labute approximate surface area is 104 Å². The van der Waals surface area contributed by atoms with Gasteiger partial charge in [0.1, 0.15) is 0 Å². The molecule has 17 heavy (non-hydrogen) atoms. The number of fused-ring (bicyclic) bond motifs is 1. The summed E-state index contributed by atoms with van der Waals surface area (Å²) in [6.45, 7) is 0. The highest BCUT2D eigenvalue weighted by molar-refractivity contribution is 7.71. The molecule has 0 radical (unpaired) electrons. The second-order valence-electron chi connectivity index (χ2n) is 3.94. The third-order valence-electron chi connectivity index (χ3n) is 2.91. The molecule has 0 saturated heterocycles. The van der Waals surface area contributed by atoms with E-state index in [9.17, 15) is 0 Å². The van der Waals surface area contributed by atoms with Gasteiger partial charge in [-0.15, -0.1) is 0 Å². The van der Waals surface area contributed by atoms with Crippen molar-refractivity contribution in [3.8, 4) is 11.4 Å². The third kappa shape index (κ3) is 1.57. The highest BCUT2D eigenvalue weighted by Gasteiger charge is 2.08. The van der Waals surface area contributed by atoms with Crippen molar-refractivity contribution < 1.29 is 0 Å². The van der Waals surface area contributed by atoms with Crippen LogP contribution in [0.5, 0.6) is 0 Å². The summed E-state index contributed by atoms with van der Waals surface area (Å²) in [7, 11) is 1.92. The number of benzene rings is 2. The second kappa shape index (κ2) is 3.82. The molecule has 3 nitrogen and oxygen atoms in total. The average molecular weight is 241 g/mol. The SMILES string of the molecule is Cn1c(-c2cccc3ccccc23)n[nH]c1=S. The fourth-order valence-electron chi connectivity index (χ4n) is 2.01. The molecule has 1 aromatic heterocycles. The Morgan fingerprint density at radius 2 is 1.88 bits per heavy atom. The Bertz CT molecular complexity index is 734. The molecule has 0 spiro atoms. The lowest BCUT2D eigenvalue weighted by molar-refractivity contribution is 0.903. The number of aromatic nitrogens is 3. The Morgan fingerprint density at radius 3 is 2.65 bits per heavy atom. The molecule has 1 heterocycles. The van der Waals surface area contributed by atoms with Crippen LogP contribution in [0.3, 0.4) is 0 Å². The van der Waals surface area contributed by atoms with Crippen LogP contribution in [-0.4, -0.2) is 14.8 Å². The molecule has 3 aromatic rings. The van der Waals surface area contributed by atoms with E-state index in [1.165, 1.54) is 10.8 Å². The quantitative estimate of drug-likeness (QED) is 0.663. The number of hydrogen-bond donors (Lipinski definition) is 1. The molecule has 2 aromatic carbocycles. The van der Waals surface area contributed by atoms with Crippen LogP contribution in [0.25, 0.3) is 22.2 Å². The number of rotatable bonds is 1. The second-order valence-corrected chi connectivity index (χ2v) is 4.32. The van der Waals surface area contributed by atoms with Crippen molar-refractivity contribution in [2.45, 2.75) is 0 Å². The first-order chi connectivity index (χ1) is 8.27. The van der Waals surface area contributed by atoms with E-state index in [1.54, 1.807) is 0 Å². The largest absolute Gasteiger partial charge is 0.303 e. The van der Waals surface area contributed by atoms with Crippen LogP contribution >= 0.6 is 12.2 Å². The summed E-state index contributed by atoms with van der Waals surface area (Å²) in [5.41, 5.74) is 1.10. The molecule has 3 rings (SSSR count). The topological polar surface area (TPSA) is 33.6 Å². The van der Waals surface area contributed by atoms with Gasteiger partial charge >= 0.3 is 0 Å². The molecule has 0 unspecified atom stereocenters. The van der Waals surface area contributed by atoms with E-state index in [4.69, 9.17) is 12.2 Å². The molecule has 0 atom stereocenters. The number of nitrogens with zero attached hydrogens (tertiary/aromatic N) is 2. The summed E-state index contributed by atoms with van der Waals surface area (Å²) in [4.78, 5) is 0. The Hall–Kier alpha value is -1.94. The lowest BCUT2D eigenvalue weighted by Gasteiger charge is -2.05. The van der Waals surface area contributed by atoms with E-state index in [0.29, 0.717) is 4.77 Å². The summed E-state index contributed by atoms with van der Waals surface area (Å²) in [6, 6.07) is 14.5. The maximum atomic E-state index is 5.14. The van der Waals surface area contributed by atoms with Crippen molar-refractivity contribution in [1.29, 1.82) is 0 Å². The molecular weight excluding hydrogens is 230 g/mol. The highest BCUT2D eigenvalue weighted by atomic mass is 32.1. The molecule has 0 aliphatic rings. The molecule has 0 amide bonds. The Balaban J connectivity index is 2.38. The predicted molar refractivity (Wildman–Crippen MR) is 71.3 cm³/mol. The van der Waals surface area contributed by atoms with E-state index >= 15 is 0 Å². The van der Waals surface area contributed by atoms with Gasteiger partial charge in [0.25, 0.3) is 0 Å². The summed E-state index contributed by atoms with van der Waals surface area (Å²) < 4.78 is 2.52. The van der Waals surface area contributed by atoms with Crippen LogP contribution in [0.15, 0.2) is 42.5 Å². The molecule has 0 aliphatic heterocycles. The van der Waals surface area contributed by atoms with Crippen LogP contribution in [0, 0.1) is 4.77 Å². The van der Waals surface area contributed by atoms with E-state index in [0.717, 1.165) is 11.4 Å². The standard InChI is InChI=1S/C13H11N3S/c1-16-12(14-15-13(16)17)11-8-4-6-9-5-2-3-7-10(9)11/h2-8H,1H3,(H,15,17). The van der Waals surface area contributed by atoms with Gasteiger partial charge in [-0.2, -0.15) is 5.10 Å². The van der Waals surface area contributed by atoms with E-state index in [1.807, 2.05) is 29.8 Å². The van der Waals surface area contributed by atoms with Crippen LogP contribution in [-0.2, 0) is 7.05 Å². The molecule has 0 aliphatic carbocycles. The van der Waals surface area contributed by atoms with Gasteiger partial charge < -0.3 is 4.57 Å². The number of hydrogen-bond acceptors (Lipinski definition) is 2. The fourth-order valence-corrected chi connectivity index (χ4v) is 2.14. The summed E-state index contributed by atoms with van der Waals surface area (Å²) in [6.07, 6.45) is 0. The minimum absolute atomic E-state index is 0.632. The van der Waals surface area contributed by atoms with Gasteiger partial charge in [-0.3, -0.25) is 5.10 Å². The normalized spacial score (nSPS) is 10.9. The highest BCUT2D eigenvalue weighted by Crippen LogP contribution is 2.26. The van der Waals surface area contributed by atoms with Crippen molar-refractivity contribution in [1.82, 2.24) is 14.8 Å². The zero-order valence-electron chi connectivity index (χ0n) is 9.34. The van der Waals surface area contributed by atoms with E-state index in [-0.39, 0.29) is 0 Å². The lowest BCUT2D eigenvalue weighted by atomic mass is 10.0. The lowest BCUT2D eigenvalue weighted by Crippen LogP contribution is -1.93. The van der Waals surface area contributed by atoms with Crippen LogP contribution in [0.2, 0.25) is 0 Å². The van der Waals surface area contributed by atoms with Crippen molar-refractivity contribution in [2.75, 3.05) is 0 Å². The van der Waals surface area contributed by atoms with Crippen molar-refractivity contribution in [3.05, 3.63) is 47.2 Å². The first-order valence-corrected chi connectivity index (χ1v) is 5.78. The first kappa shape index (κ1) is 10.2. The first-order valence-electron chi connectivity index (χ1n) is 5.37. The maximum absolute atomic E-state index is 5.14. The van der Waals surface area contributed by atoms with Gasteiger partial charge in [0.15, 0.2) is 10.6 Å². The van der Waals surface area contributed by atoms with Crippen LogP contribution < -0.4 is 0 Å². The molecular formula is C13H11N3S. The van der Waals surface area contributed by atoms with Gasteiger partial charge in [0, 0.05) is 12.6 Å². The fraction of sp³-hybridized carbons (Fsp3) is 0.0769. The number of H-pyrrole nitrogens is 1. The smallest absolute Gasteiger partial charge is 0.195 e. The van der Waals surface area contributed by atoms with E-state index < -0.39 is 0 Å². The van der Waals surface area contributed by atoms with Gasteiger partial charge in [-0.05, 0) is 23.0 Å². The number of nitrogens with one attached hydrogen (secondary N) is 1. The molecule has 0 saturated carbocycles.